The first-order chi connectivity index (χ1) is 8.41. The third-order valence-corrected chi connectivity index (χ3v) is 2.67. The van der Waals surface area contributed by atoms with Crippen molar-refractivity contribution >= 4 is 23.4 Å². The second-order valence-electron chi connectivity index (χ2n) is 3.77. The van der Waals surface area contributed by atoms with Gasteiger partial charge in [0.15, 0.2) is 17.4 Å². The van der Waals surface area contributed by atoms with E-state index < -0.39 is 23.4 Å². The molecule has 0 aliphatic heterocycles. The van der Waals surface area contributed by atoms with Gasteiger partial charge in [0.1, 0.15) is 0 Å². The Kier molecular flexibility index (Phi) is 5.22. The Balaban J connectivity index is 2.62. The van der Waals surface area contributed by atoms with Crippen LogP contribution >= 0.6 is 11.6 Å². The predicted molar refractivity (Wildman–Crippen MR) is 61.8 cm³/mol. The summed E-state index contributed by atoms with van der Waals surface area (Å²) >= 11 is 5.64. The lowest BCUT2D eigenvalue weighted by molar-refractivity contribution is -0.137. The molecule has 0 fully saturated rings. The van der Waals surface area contributed by atoms with Gasteiger partial charge in [-0.2, -0.15) is 0 Å². The summed E-state index contributed by atoms with van der Waals surface area (Å²) in [6.07, 6.45) is 0.736. The molecule has 6 heteroatoms. The van der Waals surface area contributed by atoms with E-state index in [-0.39, 0.29) is 23.4 Å². The van der Waals surface area contributed by atoms with Gasteiger partial charge in [-0.1, -0.05) is 11.6 Å². The molecule has 0 saturated carbocycles. The first-order valence-corrected chi connectivity index (χ1v) is 5.69. The summed E-state index contributed by atoms with van der Waals surface area (Å²) in [6.45, 7) is 0. The van der Waals surface area contributed by atoms with Gasteiger partial charge in [0, 0.05) is 18.4 Å². The summed E-state index contributed by atoms with van der Waals surface area (Å²) in [5.74, 6) is -3.60. The number of carboxylic acids is 1. The second kappa shape index (κ2) is 6.44. The summed E-state index contributed by atoms with van der Waals surface area (Å²) in [5, 5.41) is 8.27. The van der Waals surface area contributed by atoms with Gasteiger partial charge in [0.05, 0.1) is 5.02 Å². The molecule has 1 aromatic rings. The fourth-order valence-corrected chi connectivity index (χ4v) is 1.69. The maximum atomic E-state index is 13.0. The van der Waals surface area contributed by atoms with E-state index in [9.17, 15) is 18.4 Å². The van der Waals surface area contributed by atoms with E-state index in [0.717, 1.165) is 12.1 Å². The average molecular weight is 277 g/mol. The third-order valence-electron chi connectivity index (χ3n) is 2.35. The second-order valence-corrected chi connectivity index (χ2v) is 4.18. The largest absolute Gasteiger partial charge is 0.481 e. The maximum Gasteiger partial charge on any atom is 0.303 e. The number of carboxylic acid groups (broad SMARTS) is 1. The number of halogens is 3. The number of carbonyl (C=O) groups is 2. The predicted octanol–water partition coefficient (Wildman–Crippen LogP) is 3.45. The van der Waals surface area contributed by atoms with Crippen molar-refractivity contribution in [2.24, 2.45) is 0 Å². The van der Waals surface area contributed by atoms with E-state index in [1.165, 1.54) is 0 Å². The van der Waals surface area contributed by atoms with E-state index in [2.05, 4.69) is 0 Å². The van der Waals surface area contributed by atoms with Crippen LogP contribution in [0.5, 0.6) is 0 Å². The summed E-state index contributed by atoms with van der Waals surface area (Å²) in [5.41, 5.74) is -0.0779. The summed E-state index contributed by atoms with van der Waals surface area (Å²) in [7, 11) is 0. The zero-order valence-electron chi connectivity index (χ0n) is 9.38. The highest BCUT2D eigenvalue weighted by Crippen LogP contribution is 2.22. The minimum atomic E-state index is -1.13. The number of carbonyl (C=O) groups excluding carboxylic acids is 1. The van der Waals surface area contributed by atoms with Crippen LogP contribution in [0.3, 0.4) is 0 Å². The van der Waals surface area contributed by atoms with E-state index >= 15 is 0 Å². The van der Waals surface area contributed by atoms with Gasteiger partial charge in [-0.3, -0.25) is 9.59 Å². The van der Waals surface area contributed by atoms with Crippen molar-refractivity contribution in [2.75, 3.05) is 0 Å². The highest BCUT2D eigenvalue weighted by atomic mass is 35.5. The fraction of sp³-hybridized carbons (Fsp3) is 0.333. The summed E-state index contributed by atoms with van der Waals surface area (Å²) < 4.78 is 25.7. The number of rotatable bonds is 6. The number of aliphatic carboxylic acids is 1. The van der Waals surface area contributed by atoms with Crippen LogP contribution in [0.1, 0.15) is 36.0 Å². The molecular weight excluding hydrogens is 266 g/mol. The van der Waals surface area contributed by atoms with Gasteiger partial charge >= 0.3 is 5.97 Å². The van der Waals surface area contributed by atoms with Gasteiger partial charge in [-0.15, -0.1) is 0 Å². The smallest absolute Gasteiger partial charge is 0.303 e. The monoisotopic (exact) mass is 276 g/mol. The normalized spacial score (nSPS) is 10.4. The first-order valence-electron chi connectivity index (χ1n) is 5.31. The zero-order chi connectivity index (χ0) is 13.7. The van der Waals surface area contributed by atoms with Crippen LogP contribution in [0.4, 0.5) is 8.78 Å². The number of unbranched alkanes of at least 4 members (excludes halogenated alkanes) is 1. The van der Waals surface area contributed by atoms with Gasteiger partial charge in [0.25, 0.3) is 0 Å². The fourth-order valence-electron chi connectivity index (χ4n) is 1.43. The lowest BCUT2D eigenvalue weighted by Crippen LogP contribution is -2.03. The van der Waals surface area contributed by atoms with E-state index in [0.29, 0.717) is 12.8 Å². The molecule has 0 saturated heterocycles. The standard InChI is InChI=1S/C12H11ClF2O3/c13-8-6-10(15)9(14)5-7(8)11(16)3-1-2-4-12(17)18/h5-6H,1-4H2,(H,17,18). The molecule has 0 bridgehead atoms. The topological polar surface area (TPSA) is 54.4 Å². The molecule has 0 atom stereocenters. The van der Waals surface area contributed by atoms with Crippen LogP contribution in [0, 0.1) is 11.6 Å². The van der Waals surface area contributed by atoms with E-state index in [4.69, 9.17) is 16.7 Å². The van der Waals surface area contributed by atoms with Crippen molar-refractivity contribution in [3.05, 3.63) is 34.4 Å². The van der Waals surface area contributed by atoms with Crippen LogP contribution in [-0.4, -0.2) is 16.9 Å². The molecule has 0 spiro atoms. The lowest BCUT2D eigenvalue weighted by atomic mass is 10.0. The van der Waals surface area contributed by atoms with E-state index in [1.807, 2.05) is 0 Å². The molecule has 0 aliphatic rings. The van der Waals surface area contributed by atoms with Gasteiger partial charge in [0.2, 0.25) is 0 Å². The Morgan fingerprint density at radius 3 is 2.28 bits per heavy atom. The Bertz CT molecular complexity index is 475. The molecular formula is C12H11ClF2O3. The molecule has 98 valence electrons. The molecule has 1 rings (SSSR count). The number of benzene rings is 1. The Morgan fingerprint density at radius 1 is 1.11 bits per heavy atom. The van der Waals surface area contributed by atoms with Gasteiger partial charge in [-0.05, 0) is 25.0 Å². The number of hydrogen-bond acceptors (Lipinski definition) is 2. The van der Waals surface area contributed by atoms with Crippen molar-refractivity contribution in [3.8, 4) is 0 Å². The van der Waals surface area contributed by atoms with Gasteiger partial charge in [-0.25, -0.2) is 8.78 Å². The molecule has 0 unspecified atom stereocenters. The SMILES string of the molecule is O=C(O)CCCCC(=O)c1cc(F)c(F)cc1Cl. The first kappa shape index (κ1) is 14.6. The van der Waals surface area contributed by atoms with Crippen LogP contribution in [-0.2, 0) is 4.79 Å². The quantitative estimate of drug-likeness (QED) is 0.492. The van der Waals surface area contributed by atoms with Crippen molar-refractivity contribution in [2.45, 2.75) is 25.7 Å². The highest BCUT2D eigenvalue weighted by molar-refractivity contribution is 6.33. The van der Waals surface area contributed by atoms with Crippen LogP contribution in [0.2, 0.25) is 5.02 Å². The zero-order valence-corrected chi connectivity index (χ0v) is 10.1. The minimum absolute atomic E-state index is 0.0290. The molecule has 3 nitrogen and oxygen atoms in total. The molecule has 0 heterocycles. The van der Waals surface area contributed by atoms with Crippen molar-refractivity contribution in [3.63, 3.8) is 0 Å². The molecule has 0 aliphatic carbocycles. The lowest BCUT2D eigenvalue weighted by Gasteiger charge is -2.04. The summed E-state index contributed by atoms with van der Waals surface area (Å²) in [6, 6.07) is 1.51. The minimum Gasteiger partial charge on any atom is -0.481 e. The molecule has 18 heavy (non-hydrogen) atoms. The third kappa shape index (κ3) is 4.07. The maximum absolute atomic E-state index is 13.0. The molecule has 0 amide bonds. The number of ketones is 1. The Hall–Kier alpha value is -1.49. The molecule has 0 radical (unpaired) electrons. The molecule has 0 aromatic heterocycles. The van der Waals surface area contributed by atoms with Crippen molar-refractivity contribution in [1.82, 2.24) is 0 Å². The Labute approximate surface area is 107 Å². The number of Topliss-reactive ketones (excluding diaryl/α,β-unsaturated/α-hetero) is 1. The van der Waals surface area contributed by atoms with Crippen molar-refractivity contribution < 1.29 is 23.5 Å². The number of hydrogen-bond donors (Lipinski definition) is 1. The summed E-state index contributed by atoms with van der Waals surface area (Å²) in [4.78, 5) is 21.9. The van der Waals surface area contributed by atoms with Gasteiger partial charge < -0.3 is 5.11 Å². The molecule has 1 aromatic carbocycles. The average Bonchev–Trinajstić information content (AvgIpc) is 2.28. The van der Waals surface area contributed by atoms with Crippen LogP contribution in [0.15, 0.2) is 12.1 Å². The van der Waals surface area contributed by atoms with Crippen molar-refractivity contribution in [1.29, 1.82) is 0 Å². The van der Waals surface area contributed by atoms with Crippen LogP contribution in [0.25, 0.3) is 0 Å². The van der Waals surface area contributed by atoms with Crippen LogP contribution < -0.4 is 0 Å². The Morgan fingerprint density at radius 2 is 1.67 bits per heavy atom. The molecule has 1 N–H and O–H groups in total. The highest BCUT2D eigenvalue weighted by Gasteiger charge is 2.14. The van der Waals surface area contributed by atoms with E-state index in [1.54, 1.807) is 0 Å².